The van der Waals surface area contributed by atoms with Crippen LogP contribution in [0.4, 0.5) is 0 Å². The molecule has 8 atom stereocenters. The first-order valence-electron chi connectivity index (χ1n) is 16.8. The number of aliphatic hydroxyl groups is 1. The maximum atomic E-state index is 13.6. The van der Waals surface area contributed by atoms with E-state index in [1.165, 1.54) is 6.92 Å². The Labute approximate surface area is 292 Å². The number of aliphatic hydroxyl groups excluding tert-OH is 1. The molecule has 0 aliphatic heterocycles. The third-order valence-electron chi connectivity index (χ3n) is 7.77. The Hall–Kier alpha value is -4.32. The van der Waals surface area contributed by atoms with Gasteiger partial charge in [0.05, 0.1) is 19.1 Å². The molecule has 0 saturated heterocycles. The fourth-order valence-electron chi connectivity index (χ4n) is 4.80. The van der Waals surface area contributed by atoms with Gasteiger partial charge in [0.15, 0.2) is 0 Å². The Morgan fingerprint density at radius 1 is 0.560 bits per heavy atom. The van der Waals surface area contributed by atoms with Crippen molar-refractivity contribution in [1.82, 2.24) is 31.9 Å². The van der Waals surface area contributed by atoms with Crippen molar-refractivity contribution >= 4 is 47.4 Å². The van der Waals surface area contributed by atoms with Crippen molar-refractivity contribution in [3.63, 3.8) is 0 Å². The lowest BCUT2D eigenvalue weighted by molar-refractivity contribution is -0.144. The molecule has 286 valence electrons. The fraction of sp³-hybridized carbons (Fsp3) is 0.750. The van der Waals surface area contributed by atoms with Gasteiger partial charge in [-0.25, -0.2) is 4.79 Å². The molecule has 0 aromatic rings. The van der Waals surface area contributed by atoms with Gasteiger partial charge in [-0.15, -0.1) is 0 Å². The molecule has 6 amide bonds. The van der Waals surface area contributed by atoms with E-state index in [0.29, 0.717) is 6.42 Å². The van der Waals surface area contributed by atoms with Crippen molar-refractivity contribution in [2.45, 2.75) is 130 Å². The molecule has 50 heavy (non-hydrogen) atoms. The van der Waals surface area contributed by atoms with E-state index in [1.54, 1.807) is 48.5 Å². The lowest BCUT2D eigenvalue weighted by Crippen LogP contribution is -2.62. The van der Waals surface area contributed by atoms with Crippen LogP contribution in [0.2, 0.25) is 0 Å². The Kier molecular flexibility index (Phi) is 20.5. The van der Waals surface area contributed by atoms with Gasteiger partial charge in [0.25, 0.3) is 0 Å². The maximum Gasteiger partial charge on any atom is 0.326 e. The number of hydrogen-bond acceptors (Lipinski definition) is 10. The van der Waals surface area contributed by atoms with Crippen LogP contribution in [0.15, 0.2) is 0 Å². The van der Waals surface area contributed by atoms with Crippen LogP contribution in [0.3, 0.4) is 0 Å². The molecule has 0 aromatic heterocycles. The van der Waals surface area contributed by atoms with Crippen LogP contribution in [-0.4, -0.2) is 112 Å². The minimum Gasteiger partial charge on any atom is -0.481 e. The molecule has 0 spiro atoms. The summed E-state index contributed by atoms with van der Waals surface area (Å²) in [4.78, 5) is 101. The summed E-state index contributed by atoms with van der Waals surface area (Å²) in [6, 6.07) is -8.21. The molecule has 18 heteroatoms. The maximum absolute atomic E-state index is 13.6. The molecule has 0 aromatic carbocycles. The van der Waals surface area contributed by atoms with E-state index in [9.17, 15) is 53.7 Å². The van der Waals surface area contributed by atoms with Crippen LogP contribution in [0.25, 0.3) is 0 Å². The SMILES string of the molecule is CC[C@H](NC(=O)CN)C(=O)N[C@H](C(=O)N[C@@H](CC(C)C)C(=O)N[C@H](C(=O)N[C@@H](CC(=O)O)C(=O)N[C@@H](CC(C)C)C(=O)O)[C@@H](C)CC)[C@@H](C)O. The first kappa shape index (κ1) is 45.7. The summed E-state index contributed by atoms with van der Waals surface area (Å²) in [6.07, 6.45) is -1.70. The molecule has 0 aliphatic rings. The number of hydrogen-bond donors (Lipinski definition) is 10. The number of carbonyl (C=O) groups is 8. The number of amides is 6. The second-order valence-corrected chi connectivity index (χ2v) is 13.2. The van der Waals surface area contributed by atoms with Gasteiger partial charge in [0.2, 0.25) is 35.4 Å². The van der Waals surface area contributed by atoms with E-state index in [0.717, 1.165) is 0 Å². The molecule has 0 aliphatic carbocycles. The van der Waals surface area contributed by atoms with Gasteiger partial charge >= 0.3 is 11.9 Å². The standard InChI is InChI=1S/C32H57N7O11/c1-9-17(7)25(30(47)36-21(13-24(42)43)28(45)37-22(32(49)50)12-16(5)6)38-29(46)20(11-15(3)4)35-31(48)26(18(8)40)39-27(44)19(10-2)34-23(41)14-33/h15-22,25-26,40H,9-14,33H2,1-8H3,(H,34,41)(H,35,48)(H,36,47)(H,37,45)(H,38,46)(H,39,44)(H,42,43)(H,49,50)/t17-,18+,19-,20-,21-,22-,25-,26-/m0/s1. The average molecular weight is 716 g/mol. The normalized spacial score (nSPS) is 16.0. The van der Waals surface area contributed by atoms with E-state index in [-0.39, 0.29) is 37.6 Å². The van der Waals surface area contributed by atoms with Crippen molar-refractivity contribution in [3.8, 4) is 0 Å². The summed E-state index contributed by atoms with van der Waals surface area (Å²) in [5.74, 6) is -8.71. The molecule has 0 heterocycles. The zero-order chi connectivity index (χ0) is 38.9. The summed E-state index contributed by atoms with van der Waals surface area (Å²) >= 11 is 0. The largest absolute Gasteiger partial charge is 0.481 e. The highest BCUT2D eigenvalue weighted by Gasteiger charge is 2.36. The first-order chi connectivity index (χ1) is 23.2. The van der Waals surface area contributed by atoms with E-state index in [1.807, 2.05) is 0 Å². The fourth-order valence-corrected chi connectivity index (χ4v) is 4.80. The summed E-state index contributed by atoms with van der Waals surface area (Å²) in [7, 11) is 0. The number of carboxylic acids is 2. The van der Waals surface area contributed by atoms with Gasteiger partial charge in [-0.1, -0.05) is 54.9 Å². The van der Waals surface area contributed by atoms with Crippen molar-refractivity contribution in [3.05, 3.63) is 0 Å². The van der Waals surface area contributed by atoms with Crippen molar-refractivity contribution < 1.29 is 53.7 Å². The van der Waals surface area contributed by atoms with Crippen LogP contribution in [0.5, 0.6) is 0 Å². The smallest absolute Gasteiger partial charge is 0.326 e. The van der Waals surface area contributed by atoms with Gasteiger partial charge in [0.1, 0.15) is 36.3 Å². The quantitative estimate of drug-likeness (QED) is 0.0569. The first-order valence-corrected chi connectivity index (χ1v) is 16.8. The van der Waals surface area contributed by atoms with E-state index in [4.69, 9.17) is 5.73 Å². The van der Waals surface area contributed by atoms with Crippen molar-refractivity contribution in [2.75, 3.05) is 6.54 Å². The molecule has 0 saturated carbocycles. The number of carboxylic acid groups (broad SMARTS) is 2. The Balaban J connectivity index is 6.18. The van der Waals surface area contributed by atoms with Gasteiger partial charge in [0, 0.05) is 0 Å². The van der Waals surface area contributed by atoms with Crippen LogP contribution >= 0.6 is 0 Å². The second kappa shape index (κ2) is 22.4. The van der Waals surface area contributed by atoms with Gasteiger partial charge < -0.3 is 53.0 Å². The molecule has 0 bridgehead atoms. The van der Waals surface area contributed by atoms with Crippen LogP contribution in [0.1, 0.15) is 87.5 Å². The van der Waals surface area contributed by atoms with Crippen molar-refractivity contribution in [1.29, 1.82) is 0 Å². The molecule has 0 radical (unpaired) electrons. The number of nitrogens with one attached hydrogen (secondary N) is 6. The molecular weight excluding hydrogens is 658 g/mol. The molecule has 0 unspecified atom stereocenters. The molecule has 18 nitrogen and oxygen atoms in total. The van der Waals surface area contributed by atoms with E-state index < -0.39 is 102 Å². The summed E-state index contributed by atoms with van der Waals surface area (Å²) in [5.41, 5.74) is 5.30. The van der Waals surface area contributed by atoms with E-state index in [2.05, 4.69) is 31.9 Å². The third-order valence-corrected chi connectivity index (χ3v) is 7.77. The number of carbonyl (C=O) groups excluding carboxylic acids is 6. The topological polar surface area (TPSA) is 295 Å². The minimum atomic E-state index is -1.68. The zero-order valence-corrected chi connectivity index (χ0v) is 30.2. The Morgan fingerprint density at radius 2 is 1.00 bits per heavy atom. The zero-order valence-electron chi connectivity index (χ0n) is 30.2. The lowest BCUT2D eigenvalue weighted by atomic mass is 9.96. The van der Waals surface area contributed by atoms with Crippen LogP contribution in [-0.2, 0) is 38.4 Å². The third kappa shape index (κ3) is 16.4. The van der Waals surface area contributed by atoms with Gasteiger partial charge in [-0.2, -0.15) is 0 Å². The van der Waals surface area contributed by atoms with Crippen molar-refractivity contribution in [2.24, 2.45) is 23.5 Å². The highest BCUT2D eigenvalue weighted by molar-refractivity contribution is 5.97. The predicted molar refractivity (Wildman–Crippen MR) is 181 cm³/mol. The number of nitrogens with two attached hydrogens (primary N) is 1. The number of aliphatic carboxylic acids is 2. The molecule has 0 rings (SSSR count). The molecule has 0 fully saturated rings. The Bertz CT molecular complexity index is 1200. The van der Waals surface area contributed by atoms with Crippen LogP contribution in [0, 0.1) is 17.8 Å². The molecular formula is C32H57N7O11. The van der Waals surface area contributed by atoms with E-state index >= 15 is 0 Å². The second-order valence-electron chi connectivity index (χ2n) is 13.2. The predicted octanol–water partition coefficient (Wildman–Crippen LogP) is -1.66. The summed E-state index contributed by atoms with van der Waals surface area (Å²) in [5, 5.41) is 43.8. The number of rotatable bonds is 23. The Morgan fingerprint density at radius 3 is 1.44 bits per heavy atom. The van der Waals surface area contributed by atoms with Gasteiger partial charge in [-0.3, -0.25) is 33.6 Å². The summed E-state index contributed by atoms with van der Waals surface area (Å²) < 4.78 is 0. The monoisotopic (exact) mass is 715 g/mol. The van der Waals surface area contributed by atoms with Gasteiger partial charge in [-0.05, 0) is 43.9 Å². The highest BCUT2D eigenvalue weighted by atomic mass is 16.4. The highest BCUT2D eigenvalue weighted by Crippen LogP contribution is 2.13. The summed E-state index contributed by atoms with van der Waals surface area (Å²) in [6.45, 7) is 12.8. The average Bonchev–Trinajstić information content (AvgIpc) is 3.01. The minimum absolute atomic E-state index is 0.0486. The molecule has 11 N–H and O–H groups in total. The lowest BCUT2D eigenvalue weighted by Gasteiger charge is -2.30. The van der Waals surface area contributed by atoms with Crippen LogP contribution < -0.4 is 37.6 Å².